The van der Waals surface area contributed by atoms with Crippen molar-refractivity contribution in [3.63, 3.8) is 0 Å². The lowest BCUT2D eigenvalue weighted by atomic mass is 10.3. The third-order valence-electron chi connectivity index (χ3n) is 1.79. The molecule has 1 fully saturated rings. The molecule has 4 nitrogen and oxygen atoms in total. The maximum absolute atomic E-state index is 11.0. The van der Waals surface area contributed by atoms with E-state index in [2.05, 4.69) is 11.8 Å². The van der Waals surface area contributed by atoms with Gasteiger partial charge in [0.2, 0.25) is 0 Å². The summed E-state index contributed by atoms with van der Waals surface area (Å²) in [5.74, 6) is 5.31. The Bertz CT molecular complexity index is 218. The molecule has 0 aliphatic carbocycles. The van der Waals surface area contributed by atoms with Gasteiger partial charge in [0.05, 0.1) is 6.10 Å². The van der Waals surface area contributed by atoms with Crippen molar-refractivity contribution in [1.82, 2.24) is 0 Å². The van der Waals surface area contributed by atoms with E-state index in [1.165, 1.54) is 0 Å². The van der Waals surface area contributed by atoms with E-state index in [0.29, 0.717) is 6.42 Å². The van der Waals surface area contributed by atoms with Crippen LogP contribution in [0.2, 0.25) is 0 Å². The number of hydrogen-bond donors (Lipinski definition) is 1. The third kappa shape index (κ3) is 3.98. The highest BCUT2D eigenvalue weighted by molar-refractivity contribution is 8.24. The minimum absolute atomic E-state index is 0.105. The molecule has 13 heavy (non-hydrogen) atoms. The molecule has 1 unspecified atom stereocenters. The van der Waals surface area contributed by atoms with Crippen LogP contribution in [0.15, 0.2) is 0 Å². The standard InChI is InChI=1S/C8H14O4S/c9-4-1-2-5-12-8-3-6-13(10,11)7-8/h8-11H,3-7H2/p-2. The average Bonchev–Trinajstić information content (AvgIpc) is 2.40. The molecule has 1 heterocycles. The minimum atomic E-state index is -2.86. The Morgan fingerprint density at radius 1 is 1.46 bits per heavy atom. The van der Waals surface area contributed by atoms with Crippen molar-refractivity contribution in [3.8, 4) is 11.8 Å². The quantitative estimate of drug-likeness (QED) is 0.634. The number of rotatable bonds is 2. The van der Waals surface area contributed by atoms with E-state index in [0.717, 1.165) is 0 Å². The first-order valence-corrected chi connectivity index (χ1v) is 5.85. The van der Waals surface area contributed by atoms with Crippen LogP contribution in [0.5, 0.6) is 0 Å². The lowest BCUT2D eigenvalue weighted by molar-refractivity contribution is 0.0971. The van der Waals surface area contributed by atoms with E-state index in [9.17, 15) is 9.11 Å². The Balaban J connectivity index is 2.18. The highest BCUT2D eigenvalue weighted by Crippen LogP contribution is 2.45. The van der Waals surface area contributed by atoms with Gasteiger partial charge < -0.3 is 29.5 Å². The molecule has 5 heteroatoms. The molecule has 0 spiro atoms. The van der Waals surface area contributed by atoms with Gasteiger partial charge in [0.15, 0.2) is 0 Å². The van der Waals surface area contributed by atoms with Gasteiger partial charge in [0.1, 0.15) is 13.2 Å². The van der Waals surface area contributed by atoms with Crippen molar-refractivity contribution in [2.45, 2.75) is 12.5 Å². The molecule has 1 atom stereocenters. The van der Waals surface area contributed by atoms with E-state index in [1.54, 1.807) is 0 Å². The topological polar surface area (TPSA) is 75.6 Å². The van der Waals surface area contributed by atoms with E-state index < -0.39 is 10.6 Å². The van der Waals surface area contributed by atoms with Crippen molar-refractivity contribution in [1.29, 1.82) is 0 Å². The highest BCUT2D eigenvalue weighted by Gasteiger charge is 2.17. The summed E-state index contributed by atoms with van der Waals surface area (Å²) in [6.45, 7) is 0.00702. The maximum atomic E-state index is 11.0. The molecule has 1 aliphatic rings. The van der Waals surface area contributed by atoms with E-state index in [1.807, 2.05) is 0 Å². The molecule has 0 aromatic rings. The molecule has 1 saturated heterocycles. The maximum Gasteiger partial charge on any atom is 0.108 e. The number of sulfone groups is 1. The molecule has 76 valence electrons. The molecule has 0 saturated carbocycles. The predicted octanol–water partition coefficient (Wildman–Crippen LogP) is -0.164. The summed E-state index contributed by atoms with van der Waals surface area (Å²) in [4.78, 5) is 0. The predicted molar refractivity (Wildman–Crippen MR) is 48.1 cm³/mol. The second-order valence-corrected chi connectivity index (χ2v) is 5.08. The first-order valence-electron chi connectivity index (χ1n) is 4.02. The van der Waals surface area contributed by atoms with Gasteiger partial charge in [-0.2, -0.15) is 0 Å². The lowest BCUT2D eigenvalue weighted by Gasteiger charge is -2.56. The average molecular weight is 204 g/mol. The molecule has 0 aromatic carbocycles. The Hall–Kier alpha value is -0.250. The first kappa shape index (κ1) is 10.8. The molecule has 0 amide bonds. The van der Waals surface area contributed by atoms with Crippen LogP contribution in [-0.2, 0) is 4.74 Å². The number of aliphatic hydroxyl groups is 1. The molecule has 1 aliphatic heterocycles. The second-order valence-electron chi connectivity index (χ2n) is 2.85. The van der Waals surface area contributed by atoms with E-state index in [-0.39, 0.29) is 30.8 Å². The van der Waals surface area contributed by atoms with Crippen LogP contribution in [0.25, 0.3) is 0 Å². The van der Waals surface area contributed by atoms with Crippen LogP contribution < -0.4 is 0 Å². The highest BCUT2D eigenvalue weighted by atomic mass is 32.3. The van der Waals surface area contributed by atoms with Crippen LogP contribution >= 0.6 is 10.6 Å². The fraction of sp³-hybridized carbons (Fsp3) is 0.750. The molecule has 0 bridgehead atoms. The molecule has 1 N–H and O–H groups in total. The van der Waals surface area contributed by atoms with Crippen LogP contribution in [-0.4, -0.2) is 45.0 Å². The fourth-order valence-corrected chi connectivity index (χ4v) is 2.78. The summed E-state index contributed by atoms with van der Waals surface area (Å²) >= 11 is 0. The summed E-state index contributed by atoms with van der Waals surface area (Å²) in [6, 6.07) is 0. The van der Waals surface area contributed by atoms with Crippen molar-refractivity contribution >= 4 is 10.6 Å². The van der Waals surface area contributed by atoms with Gasteiger partial charge in [-0.05, 0) is 17.9 Å². The van der Waals surface area contributed by atoms with Crippen molar-refractivity contribution in [2.75, 3.05) is 24.7 Å². The largest absolute Gasteiger partial charge is 0.800 e. The first-order chi connectivity index (χ1) is 6.14. The summed E-state index contributed by atoms with van der Waals surface area (Å²) < 4.78 is 27.1. The summed E-state index contributed by atoms with van der Waals surface area (Å²) in [6.07, 6.45) is 0.348. The van der Waals surface area contributed by atoms with Crippen molar-refractivity contribution < 1.29 is 18.9 Å². The van der Waals surface area contributed by atoms with E-state index >= 15 is 0 Å². The summed E-state index contributed by atoms with van der Waals surface area (Å²) in [5.41, 5.74) is 0. The lowest BCUT2D eigenvalue weighted by Crippen LogP contribution is -2.13. The van der Waals surface area contributed by atoms with E-state index in [4.69, 9.17) is 9.84 Å². The Morgan fingerprint density at radius 3 is 2.77 bits per heavy atom. The van der Waals surface area contributed by atoms with Crippen LogP contribution in [0.3, 0.4) is 0 Å². The van der Waals surface area contributed by atoms with Crippen molar-refractivity contribution in [2.24, 2.45) is 0 Å². The van der Waals surface area contributed by atoms with Crippen LogP contribution in [0, 0.1) is 11.8 Å². The normalized spacial score (nSPS) is 27.8. The number of ether oxygens (including phenoxy) is 1. The molecule has 0 aromatic heterocycles. The summed E-state index contributed by atoms with van der Waals surface area (Å²) in [5, 5.41) is 8.32. The molecular weight excluding hydrogens is 192 g/mol. The fourth-order valence-electron chi connectivity index (χ4n) is 1.16. The smallest absolute Gasteiger partial charge is 0.108 e. The Morgan fingerprint density at radius 2 is 2.23 bits per heavy atom. The molecule has 1 rings (SSSR count). The number of aliphatic hydroxyl groups excluding tert-OH is 1. The monoisotopic (exact) mass is 204 g/mol. The number of hydrogen-bond acceptors (Lipinski definition) is 4. The zero-order valence-electron chi connectivity index (χ0n) is 7.19. The van der Waals surface area contributed by atoms with Gasteiger partial charge in [-0.25, -0.2) is 0 Å². The molecule has 0 radical (unpaired) electrons. The minimum Gasteiger partial charge on any atom is -0.800 e. The van der Waals surface area contributed by atoms with Gasteiger partial charge in [-0.15, -0.1) is 0 Å². The third-order valence-corrected chi connectivity index (χ3v) is 3.52. The van der Waals surface area contributed by atoms with Crippen molar-refractivity contribution in [3.05, 3.63) is 0 Å². The zero-order chi connectivity index (χ0) is 9.73. The second kappa shape index (κ2) is 4.84. The Labute approximate surface area is 79.3 Å². The van der Waals surface area contributed by atoms with Gasteiger partial charge in [-0.1, -0.05) is 11.8 Å². The van der Waals surface area contributed by atoms with Gasteiger partial charge in [0.25, 0.3) is 0 Å². The van der Waals surface area contributed by atoms with Gasteiger partial charge in [-0.3, -0.25) is 0 Å². The zero-order valence-corrected chi connectivity index (χ0v) is 8.01. The summed E-state index contributed by atoms with van der Waals surface area (Å²) in [7, 11) is -2.86. The van der Waals surface area contributed by atoms with Crippen LogP contribution in [0.4, 0.5) is 0 Å². The van der Waals surface area contributed by atoms with Crippen LogP contribution in [0.1, 0.15) is 6.42 Å². The molecular formula is C8H12O4S-2. The SMILES string of the molecule is [O-]S1([O-])CCC(OCC#CCO)C1. The van der Waals surface area contributed by atoms with Gasteiger partial charge in [0, 0.05) is 0 Å². The van der Waals surface area contributed by atoms with Gasteiger partial charge >= 0.3 is 0 Å². The Kier molecular flexibility index (Phi) is 4.03.